The van der Waals surface area contributed by atoms with E-state index < -0.39 is 10.0 Å². The molecule has 0 unspecified atom stereocenters. The molecule has 5 aromatic heterocycles. The minimum atomic E-state index is -3.42. The predicted octanol–water partition coefficient (Wildman–Crippen LogP) is 4.00. The lowest BCUT2D eigenvalue weighted by Crippen LogP contribution is -2.09. The average Bonchev–Trinajstić information content (AvgIpc) is 3.47. The van der Waals surface area contributed by atoms with E-state index in [0.717, 1.165) is 39.5 Å². The second-order valence-corrected chi connectivity index (χ2v) is 9.78. The number of nitrogens with one attached hydrogen (secondary N) is 3. The maximum absolute atomic E-state index is 11.6. The number of H-pyrrole nitrogens is 2. The Morgan fingerprint density at radius 1 is 0.943 bits per heavy atom. The highest BCUT2D eigenvalue weighted by Gasteiger charge is 2.17. The Balaban J connectivity index is 1.45. The molecule has 35 heavy (non-hydrogen) atoms. The van der Waals surface area contributed by atoms with Gasteiger partial charge in [-0.3, -0.25) is 19.8 Å². The minimum absolute atomic E-state index is 0.372. The van der Waals surface area contributed by atoms with Gasteiger partial charge in [-0.15, -0.1) is 0 Å². The summed E-state index contributed by atoms with van der Waals surface area (Å²) in [5.74, 6) is 0.596. The number of aromatic amines is 2. The summed E-state index contributed by atoms with van der Waals surface area (Å²) >= 11 is 0. The van der Waals surface area contributed by atoms with Crippen LogP contribution in [-0.4, -0.2) is 49.8 Å². The molecular formula is C24H18N8O2S. The lowest BCUT2D eigenvalue weighted by atomic mass is 10.1. The van der Waals surface area contributed by atoms with Gasteiger partial charge >= 0.3 is 0 Å². The Labute approximate surface area is 199 Å². The molecular weight excluding hydrogens is 464 g/mol. The first kappa shape index (κ1) is 20.9. The Hall–Kier alpha value is -4.64. The van der Waals surface area contributed by atoms with E-state index in [1.54, 1.807) is 24.7 Å². The van der Waals surface area contributed by atoms with Crippen LogP contribution in [0.2, 0.25) is 0 Å². The summed E-state index contributed by atoms with van der Waals surface area (Å²) in [6, 6.07) is 15.3. The number of hydrogen-bond donors (Lipinski definition) is 3. The molecule has 5 heterocycles. The molecule has 0 aliphatic carbocycles. The third-order valence-electron chi connectivity index (χ3n) is 5.47. The van der Waals surface area contributed by atoms with Crippen molar-refractivity contribution in [3.63, 3.8) is 0 Å². The van der Waals surface area contributed by atoms with Gasteiger partial charge < -0.3 is 4.98 Å². The van der Waals surface area contributed by atoms with Crippen LogP contribution in [0.15, 0.2) is 73.3 Å². The maximum Gasteiger partial charge on any atom is 0.229 e. The molecule has 0 amide bonds. The number of anilines is 1. The van der Waals surface area contributed by atoms with Crippen LogP contribution in [0.25, 0.3) is 56.0 Å². The molecule has 3 N–H and O–H groups in total. The number of fused-ring (bicyclic) bond motifs is 2. The molecule has 10 nitrogen and oxygen atoms in total. The zero-order chi connectivity index (χ0) is 24.0. The van der Waals surface area contributed by atoms with Gasteiger partial charge in [-0.05, 0) is 30.3 Å². The van der Waals surface area contributed by atoms with Crippen molar-refractivity contribution in [3.8, 4) is 33.9 Å². The van der Waals surface area contributed by atoms with E-state index in [1.165, 1.54) is 6.20 Å². The van der Waals surface area contributed by atoms with Crippen LogP contribution in [0.5, 0.6) is 0 Å². The van der Waals surface area contributed by atoms with Crippen molar-refractivity contribution in [1.82, 2.24) is 35.1 Å². The molecule has 0 aliphatic rings. The number of imidazole rings is 1. The number of hydrogen-bond acceptors (Lipinski definition) is 7. The van der Waals surface area contributed by atoms with Crippen molar-refractivity contribution < 1.29 is 8.42 Å². The number of rotatable bonds is 5. The SMILES string of the molecule is CS(=O)(=O)Nc1cncc(-c2cnc3[nH]nc(-c4nc5c(-c6ccccn6)cccc5[nH]4)c3c2)c1. The highest BCUT2D eigenvalue weighted by molar-refractivity contribution is 7.92. The molecule has 172 valence electrons. The zero-order valence-corrected chi connectivity index (χ0v) is 19.2. The van der Waals surface area contributed by atoms with Crippen molar-refractivity contribution in [2.24, 2.45) is 0 Å². The molecule has 6 aromatic rings. The standard InChI is InChI=1S/C24H18N8O2S/c1-35(33,34)32-16-9-14(11-25-13-16)15-10-18-22(30-31-23(18)27-12-15)24-28-20-7-4-5-17(21(20)29-24)19-6-2-3-8-26-19/h2-13,32H,1H3,(H,28,29)(H,27,30,31). The molecule has 0 atom stereocenters. The smallest absolute Gasteiger partial charge is 0.229 e. The van der Waals surface area contributed by atoms with Gasteiger partial charge in [0.1, 0.15) is 5.69 Å². The van der Waals surface area contributed by atoms with Gasteiger partial charge in [-0.25, -0.2) is 18.4 Å². The molecule has 0 bridgehead atoms. The second-order valence-electron chi connectivity index (χ2n) is 8.03. The van der Waals surface area contributed by atoms with Crippen LogP contribution in [0.4, 0.5) is 5.69 Å². The van der Waals surface area contributed by atoms with E-state index in [1.807, 2.05) is 42.5 Å². The largest absolute Gasteiger partial charge is 0.337 e. The number of nitrogens with zero attached hydrogens (tertiary/aromatic N) is 5. The molecule has 0 radical (unpaired) electrons. The van der Waals surface area contributed by atoms with E-state index in [-0.39, 0.29) is 0 Å². The Morgan fingerprint density at radius 2 is 1.83 bits per heavy atom. The highest BCUT2D eigenvalue weighted by atomic mass is 32.2. The maximum atomic E-state index is 11.6. The quantitative estimate of drug-likeness (QED) is 0.337. The van der Waals surface area contributed by atoms with E-state index in [2.05, 4.69) is 34.9 Å². The lowest BCUT2D eigenvalue weighted by molar-refractivity contribution is 0.607. The number of pyridine rings is 3. The van der Waals surface area contributed by atoms with Crippen molar-refractivity contribution in [2.75, 3.05) is 11.0 Å². The fourth-order valence-electron chi connectivity index (χ4n) is 3.98. The van der Waals surface area contributed by atoms with Gasteiger partial charge in [0.2, 0.25) is 10.0 Å². The fourth-order valence-corrected chi connectivity index (χ4v) is 4.52. The lowest BCUT2D eigenvalue weighted by Gasteiger charge is -2.06. The molecule has 0 saturated carbocycles. The van der Waals surface area contributed by atoms with Crippen LogP contribution >= 0.6 is 0 Å². The van der Waals surface area contributed by atoms with Crippen LogP contribution in [0.1, 0.15) is 0 Å². The summed E-state index contributed by atoms with van der Waals surface area (Å²) in [5.41, 5.74) is 6.49. The summed E-state index contributed by atoms with van der Waals surface area (Å²) in [4.78, 5) is 21.3. The molecule has 11 heteroatoms. The van der Waals surface area contributed by atoms with Gasteiger partial charge in [0.05, 0.1) is 40.3 Å². The zero-order valence-electron chi connectivity index (χ0n) is 18.4. The summed E-state index contributed by atoms with van der Waals surface area (Å²) < 4.78 is 25.6. The third kappa shape index (κ3) is 3.97. The molecule has 0 saturated heterocycles. The van der Waals surface area contributed by atoms with Gasteiger partial charge in [0, 0.05) is 35.3 Å². The first-order valence-electron chi connectivity index (χ1n) is 10.6. The van der Waals surface area contributed by atoms with Gasteiger partial charge in [-0.1, -0.05) is 18.2 Å². The van der Waals surface area contributed by atoms with Crippen molar-refractivity contribution in [3.05, 3.63) is 73.3 Å². The molecule has 0 fully saturated rings. The number of sulfonamides is 1. The van der Waals surface area contributed by atoms with E-state index >= 15 is 0 Å². The van der Waals surface area contributed by atoms with Crippen LogP contribution < -0.4 is 4.72 Å². The van der Waals surface area contributed by atoms with Gasteiger partial charge in [0.25, 0.3) is 0 Å². The Morgan fingerprint density at radius 3 is 2.66 bits per heavy atom. The minimum Gasteiger partial charge on any atom is -0.337 e. The van der Waals surface area contributed by atoms with Crippen LogP contribution in [0, 0.1) is 0 Å². The molecule has 6 rings (SSSR count). The van der Waals surface area contributed by atoms with Crippen molar-refractivity contribution in [1.29, 1.82) is 0 Å². The van der Waals surface area contributed by atoms with Gasteiger partial charge in [0.15, 0.2) is 11.5 Å². The topological polar surface area (TPSA) is 142 Å². The third-order valence-corrected chi connectivity index (χ3v) is 6.08. The molecule has 0 aliphatic heterocycles. The Bertz CT molecular complexity index is 1810. The number of para-hydroxylation sites is 1. The van der Waals surface area contributed by atoms with Crippen molar-refractivity contribution in [2.45, 2.75) is 0 Å². The fraction of sp³-hybridized carbons (Fsp3) is 0.0417. The average molecular weight is 483 g/mol. The monoisotopic (exact) mass is 482 g/mol. The summed E-state index contributed by atoms with van der Waals surface area (Å²) in [7, 11) is -3.42. The Kier molecular flexibility index (Phi) is 4.78. The first-order valence-corrected chi connectivity index (χ1v) is 12.5. The van der Waals surface area contributed by atoms with E-state index in [0.29, 0.717) is 28.4 Å². The molecule has 1 aromatic carbocycles. The summed E-state index contributed by atoms with van der Waals surface area (Å²) in [6.45, 7) is 0. The predicted molar refractivity (Wildman–Crippen MR) is 134 cm³/mol. The summed E-state index contributed by atoms with van der Waals surface area (Å²) in [6.07, 6.45) is 7.64. The van der Waals surface area contributed by atoms with E-state index in [4.69, 9.17) is 4.98 Å². The second kappa shape index (κ2) is 7.99. The first-order chi connectivity index (χ1) is 16.9. The summed E-state index contributed by atoms with van der Waals surface area (Å²) in [5, 5.41) is 8.18. The number of benzene rings is 1. The highest BCUT2D eigenvalue weighted by Crippen LogP contribution is 2.32. The number of aromatic nitrogens is 7. The van der Waals surface area contributed by atoms with Crippen LogP contribution in [-0.2, 0) is 10.0 Å². The normalized spacial score (nSPS) is 11.8. The van der Waals surface area contributed by atoms with Crippen molar-refractivity contribution >= 4 is 37.8 Å². The van der Waals surface area contributed by atoms with Gasteiger partial charge in [-0.2, -0.15) is 5.10 Å². The van der Waals surface area contributed by atoms with E-state index in [9.17, 15) is 8.42 Å². The van der Waals surface area contributed by atoms with Crippen LogP contribution in [0.3, 0.4) is 0 Å². The molecule has 0 spiro atoms.